The van der Waals surface area contributed by atoms with Gasteiger partial charge >= 0.3 is 0 Å². The van der Waals surface area contributed by atoms with Crippen molar-refractivity contribution in [1.82, 2.24) is 15.0 Å². The van der Waals surface area contributed by atoms with Gasteiger partial charge in [0, 0.05) is 0 Å². The summed E-state index contributed by atoms with van der Waals surface area (Å²) in [7, 11) is 0. The molecule has 0 saturated heterocycles. The van der Waals surface area contributed by atoms with E-state index in [2.05, 4.69) is 23.3 Å². The van der Waals surface area contributed by atoms with Crippen molar-refractivity contribution >= 4 is 0 Å². The highest BCUT2D eigenvalue weighted by molar-refractivity contribution is 5.43. The van der Waals surface area contributed by atoms with E-state index >= 15 is 0 Å². The van der Waals surface area contributed by atoms with Gasteiger partial charge < -0.3 is 5.11 Å². The second-order valence-corrected chi connectivity index (χ2v) is 3.98. The van der Waals surface area contributed by atoms with Crippen LogP contribution in [-0.2, 0) is 0 Å². The Kier molecular flexibility index (Phi) is 2.75. The molecule has 0 aliphatic heterocycles. The SMILES string of the molecule is Cc1cccc(-n2cc(C(C)O)nn2)c1C. The van der Waals surface area contributed by atoms with Crippen LogP contribution in [0, 0.1) is 13.8 Å². The first-order valence-electron chi connectivity index (χ1n) is 5.26. The Balaban J connectivity index is 2.47. The number of nitrogens with zero attached hydrogens (tertiary/aromatic N) is 3. The molecule has 0 aliphatic rings. The Morgan fingerprint density at radius 1 is 1.31 bits per heavy atom. The molecule has 16 heavy (non-hydrogen) atoms. The first kappa shape index (κ1) is 10.8. The quantitative estimate of drug-likeness (QED) is 0.836. The van der Waals surface area contributed by atoms with E-state index in [9.17, 15) is 5.11 Å². The first-order chi connectivity index (χ1) is 7.59. The second-order valence-electron chi connectivity index (χ2n) is 3.98. The molecule has 1 heterocycles. The van der Waals surface area contributed by atoms with Gasteiger partial charge in [0.15, 0.2) is 0 Å². The molecular weight excluding hydrogens is 202 g/mol. The molecule has 2 rings (SSSR count). The van der Waals surface area contributed by atoms with Gasteiger partial charge in [0.1, 0.15) is 5.69 Å². The maximum atomic E-state index is 9.39. The van der Waals surface area contributed by atoms with Crippen molar-refractivity contribution < 1.29 is 5.11 Å². The summed E-state index contributed by atoms with van der Waals surface area (Å²) in [4.78, 5) is 0. The molecule has 1 aromatic carbocycles. The third-order valence-electron chi connectivity index (χ3n) is 2.76. The molecule has 0 bridgehead atoms. The van der Waals surface area contributed by atoms with E-state index < -0.39 is 6.10 Å². The van der Waals surface area contributed by atoms with Gasteiger partial charge in [0.25, 0.3) is 0 Å². The highest BCUT2D eigenvalue weighted by Crippen LogP contribution is 2.17. The summed E-state index contributed by atoms with van der Waals surface area (Å²) in [5, 5.41) is 17.3. The maximum absolute atomic E-state index is 9.39. The Morgan fingerprint density at radius 3 is 2.69 bits per heavy atom. The van der Waals surface area contributed by atoms with E-state index in [4.69, 9.17) is 0 Å². The molecule has 0 amide bonds. The topological polar surface area (TPSA) is 50.9 Å². The fourth-order valence-corrected chi connectivity index (χ4v) is 1.57. The summed E-state index contributed by atoms with van der Waals surface area (Å²) >= 11 is 0. The minimum Gasteiger partial charge on any atom is -0.387 e. The van der Waals surface area contributed by atoms with Gasteiger partial charge in [0.05, 0.1) is 18.0 Å². The molecule has 2 aromatic rings. The van der Waals surface area contributed by atoms with Gasteiger partial charge in [-0.05, 0) is 38.0 Å². The molecular formula is C12H15N3O. The third kappa shape index (κ3) is 1.84. The highest BCUT2D eigenvalue weighted by Gasteiger charge is 2.09. The molecule has 4 nitrogen and oxygen atoms in total. The third-order valence-corrected chi connectivity index (χ3v) is 2.76. The van der Waals surface area contributed by atoms with Crippen molar-refractivity contribution in [3.8, 4) is 5.69 Å². The van der Waals surface area contributed by atoms with E-state index in [0.717, 1.165) is 5.69 Å². The van der Waals surface area contributed by atoms with Gasteiger partial charge in [-0.15, -0.1) is 5.10 Å². The smallest absolute Gasteiger partial charge is 0.111 e. The molecule has 4 heteroatoms. The summed E-state index contributed by atoms with van der Waals surface area (Å²) < 4.78 is 1.70. The zero-order chi connectivity index (χ0) is 11.7. The second kappa shape index (κ2) is 4.06. The van der Waals surface area contributed by atoms with Gasteiger partial charge in [-0.1, -0.05) is 17.3 Å². The van der Waals surface area contributed by atoms with E-state index in [1.165, 1.54) is 11.1 Å². The number of aromatic nitrogens is 3. The van der Waals surface area contributed by atoms with Crippen molar-refractivity contribution in [2.45, 2.75) is 26.9 Å². The van der Waals surface area contributed by atoms with Crippen LogP contribution >= 0.6 is 0 Å². The van der Waals surface area contributed by atoms with E-state index in [-0.39, 0.29) is 0 Å². The zero-order valence-electron chi connectivity index (χ0n) is 9.68. The Morgan fingerprint density at radius 2 is 2.06 bits per heavy atom. The first-order valence-corrected chi connectivity index (χ1v) is 5.26. The fourth-order valence-electron chi connectivity index (χ4n) is 1.57. The minimum atomic E-state index is -0.584. The molecule has 1 atom stereocenters. The summed E-state index contributed by atoms with van der Waals surface area (Å²) in [5.41, 5.74) is 3.97. The van der Waals surface area contributed by atoms with Crippen LogP contribution in [0.3, 0.4) is 0 Å². The minimum absolute atomic E-state index is 0.584. The number of aliphatic hydroxyl groups is 1. The van der Waals surface area contributed by atoms with Crippen LogP contribution in [-0.4, -0.2) is 20.1 Å². The van der Waals surface area contributed by atoms with Gasteiger partial charge in [-0.25, -0.2) is 4.68 Å². The molecule has 1 unspecified atom stereocenters. The van der Waals surface area contributed by atoms with Gasteiger partial charge in [-0.3, -0.25) is 0 Å². The number of hydrogen-bond acceptors (Lipinski definition) is 3. The summed E-state index contributed by atoms with van der Waals surface area (Å²) in [5.74, 6) is 0. The van der Waals surface area contributed by atoms with Crippen LogP contribution in [0.4, 0.5) is 0 Å². The Bertz CT molecular complexity index is 503. The standard InChI is InChI=1S/C12H15N3O/c1-8-5-4-6-12(9(8)2)15-7-11(10(3)16)13-14-15/h4-7,10,16H,1-3H3. The monoisotopic (exact) mass is 217 g/mol. The van der Waals surface area contributed by atoms with Crippen molar-refractivity contribution in [3.05, 3.63) is 41.2 Å². The van der Waals surface area contributed by atoms with Crippen molar-refractivity contribution in [1.29, 1.82) is 0 Å². The van der Waals surface area contributed by atoms with Crippen molar-refractivity contribution in [3.63, 3.8) is 0 Å². The molecule has 0 spiro atoms. The molecule has 0 radical (unpaired) electrons. The normalized spacial score (nSPS) is 12.8. The van der Waals surface area contributed by atoms with Gasteiger partial charge in [-0.2, -0.15) is 0 Å². The largest absolute Gasteiger partial charge is 0.387 e. The lowest BCUT2D eigenvalue weighted by atomic mass is 10.1. The Labute approximate surface area is 94.5 Å². The van der Waals surface area contributed by atoms with Crippen LogP contribution in [0.1, 0.15) is 29.8 Å². The highest BCUT2D eigenvalue weighted by atomic mass is 16.3. The number of aliphatic hydroxyl groups excluding tert-OH is 1. The lowest BCUT2D eigenvalue weighted by molar-refractivity contribution is 0.194. The van der Waals surface area contributed by atoms with E-state index in [1.807, 2.05) is 19.1 Å². The van der Waals surface area contributed by atoms with Crippen molar-refractivity contribution in [2.24, 2.45) is 0 Å². The van der Waals surface area contributed by atoms with Crippen LogP contribution in [0.25, 0.3) is 5.69 Å². The van der Waals surface area contributed by atoms with Crippen LogP contribution in [0.5, 0.6) is 0 Å². The summed E-state index contributed by atoms with van der Waals surface area (Å²) in [6.45, 7) is 5.79. The van der Waals surface area contributed by atoms with Crippen molar-refractivity contribution in [2.75, 3.05) is 0 Å². The molecule has 84 valence electrons. The van der Waals surface area contributed by atoms with Gasteiger partial charge in [0.2, 0.25) is 0 Å². The lowest BCUT2D eigenvalue weighted by Gasteiger charge is -2.07. The number of hydrogen-bond donors (Lipinski definition) is 1. The van der Waals surface area contributed by atoms with Crippen LogP contribution < -0.4 is 0 Å². The molecule has 1 aromatic heterocycles. The van der Waals surface area contributed by atoms with Crippen LogP contribution in [0.2, 0.25) is 0 Å². The molecule has 0 fully saturated rings. The van der Waals surface area contributed by atoms with E-state index in [1.54, 1.807) is 17.8 Å². The number of benzene rings is 1. The summed E-state index contributed by atoms with van der Waals surface area (Å²) in [6.07, 6.45) is 1.17. The molecule has 1 N–H and O–H groups in total. The zero-order valence-corrected chi connectivity index (χ0v) is 9.68. The maximum Gasteiger partial charge on any atom is 0.111 e. The predicted octanol–water partition coefficient (Wildman–Crippen LogP) is 1.94. The summed E-state index contributed by atoms with van der Waals surface area (Å²) in [6, 6.07) is 6.04. The van der Waals surface area contributed by atoms with Crippen LogP contribution in [0.15, 0.2) is 24.4 Å². The number of rotatable bonds is 2. The number of aryl methyl sites for hydroxylation is 1. The predicted molar refractivity (Wildman–Crippen MR) is 61.5 cm³/mol. The molecule has 0 aliphatic carbocycles. The molecule has 0 saturated carbocycles. The van der Waals surface area contributed by atoms with E-state index in [0.29, 0.717) is 5.69 Å². The Hall–Kier alpha value is -1.68. The lowest BCUT2D eigenvalue weighted by Crippen LogP contribution is -1.99. The fraction of sp³-hybridized carbons (Fsp3) is 0.333. The average Bonchev–Trinajstić information content (AvgIpc) is 2.71. The average molecular weight is 217 g/mol.